The van der Waals surface area contributed by atoms with E-state index in [2.05, 4.69) is 10.2 Å². The van der Waals surface area contributed by atoms with Crippen LogP contribution in [0.1, 0.15) is 5.56 Å². The van der Waals surface area contributed by atoms with Gasteiger partial charge in [0.25, 0.3) is 0 Å². The van der Waals surface area contributed by atoms with E-state index in [1.165, 1.54) is 36.4 Å². The first kappa shape index (κ1) is 16.4. The molecule has 0 aliphatic carbocycles. The van der Waals surface area contributed by atoms with Crippen LogP contribution < -0.4 is 0 Å². The molecule has 2 aromatic carbocycles. The lowest BCUT2D eigenvalue weighted by molar-refractivity contribution is -0.137. The maximum Gasteiger partial charge on any atom is 0.416 e. The van der Waals surface area contributed by atoms with Crippen molar-refractivity contribution in [1.82, 2.24) is 10.2 Å². The minimum atomic E-state index is -4.40. The van der Waals surface area contributed by atoms with E-state index in [1.54, 1.807) is 6.07 Å². The maximum atomic E-state index is 13.0. The Morgan fingerprint density at radius 3 is 1.96 bits per heavy atom. The third-order valence-corrected chi connectivity index (χ3v) is 3.69. The summed E-state index contributed by atoms with van der Waals surface area (Å²) in [5.74, 6) is -0.386. The highest BCUT2D eigenvalue weighted by Crippen LogP contribution is 2.33. The van der Waals surface area contributed by atoms with Crippen LogP contribution in [0.4, 0.5) is 17.6 Å². The van der Waals surface area contributed by atoms with Gasteiger partial charge in [-0.05, 0) is 48.0 Å². The standard InChI is InChI=1S/C17H9ClF4N2/c18-16-14(10-1-5-12(6-2-10)17(20,21)22)9-15(23-24-16)11-3-7-13(19)8-4-11/h1-9H. The topological polar surface area (TPSA) is 25.8 Å². The lowest BCUT2D eigenvalue weighted by Crippen LogP contribution is -2.04. The number of alkyl halides is 3. The molecule has 0 atom stereocenters. The molecule has 122 valence electrons. The first-order valence-electron chi connectivity index (χ1n) is 6.81. The molecule has 3 aromatic rings. The molecule has 0 N–H and O–H groups in total. The average Bonchev–Trinajstić information content (AvgIpc) is 2.55. The summed E-state index contributed by atoms with van der Waals surface area (Å²) in [6.07, 6.45) is -4.40. The largest absolute Gasteiger partial charge is 0.416 e. The molecule has 1 heterocycles. The highest BCUT2D eigenvalue weighted by atomic mass is 35.5. The minimum Gasteiger partial charge on any atom is -0.207 e. The Morgan fingerprint density at radius 1 is 0.792 bits per heavy atom. The van der Waals surface area contributed by atoms with Crippen LogP contribution in [0.5, 0.6) is 0 Å². The van der Waals surface area contributed by atoms with Crippen molar-refractivity contribution in [3.05, 3.63) is 71.1 Å². The Bertz CT molecular complexity index is 859. The number of hydrogen-bond donors (Lipinski definition) is 0. The Hall–Kier alpha value is -2.47. The second-order valence-corrected chi connectivity index (χ2v) is 5.37. The van der Waals surface area contributed by atoms with Gasteiger partial charge in [0.1, 0.15) is 5.82 Å². The van der Waals surface area contributed by atoms with Crippen molar-refractivity contribution in [3.8, 4) is 22.4 Å². The fourth-order valence-corrected chi connectivity index (χ4v) is 2.38. The molecule has 0 unspecified atom stereocenters. The Kier molecular flexibility index (Phi) is 4.24. The van der Waals surface area contributed by atoms with E-state index in [0.717, 1.165) is 12.1 Å². The fraction of sp³-hybridized carbons (Fsp3) is 0.0588. The maximum absolute atomic E-state index is 13.0. The van der Waals surface area contributed by atoms with Crippen LogP contribution >= 0.6 is 11.6 Å². The molecule has 0 radical (unpaired) electrons. The summed E-state index contributed by atoms with van der Waals surface area (Å²) in [6, 6.07) is 11.8. The zero-order valence-corrected chi connectivity index (χ0v) is 12.7. The summed E-state index contributed by atoms with van der Waals surface area (Å²) in [7, 11) is 0. The quantitative estimate of drug-likeness (QED) is 0.559. The highest BCUT2D eigenvalue weighted by Gasteiger charge is 2.30. The zero-order chi connectivity index (χ0) is 17.3. The second-order valence-electron chi connectivity index (χ2n) is 5.02. The number of benzene rings is 2. The number of rotatable bonds is 2. The first-order chi connectivity index (χ1) is 11.3. The van der Waals surface area contributed by atoms with Crippen LogP contribution in [-0.2, 0) is 6.18 Å². The fourth-order valence-electron chi connectivity index (χ4n) is 2.18. The van der Waals surface area contributed by atoms with E-state index in [-0.39, 0.29) is 11.0 Å². The third-order valence-electron chi connectivity index (χ3n) is 3.41. The van der Waals surface area contributed by atoms with Gasteiger partial charge >= 0.3 is 6.18 Å². The van der Waals surface area contributed by atoms with Crippen LogP contribution in [0, 0.1) is 5.82 Å². The van der Waals surface area contributed by atoms with Crippen LogP contribution in [0.3, 0.4) is 0 Å². The molecule has 0 amide bonds. The Morgan fingerprint density at radius 2 is 1.38 bits per heavy atom. The van der Waals surface area contributed by atoms with Gasteiger partial charge in [-0.25, -0.2) is 4.39 Å². The third kappa shape index (κ3) is 3.38. The molecule has 7 heteroatoms. The SMILES string of the molecule is Fc1ccc(-c2cc(-c3ccc(C(F)(F)F)cc3)c(Cl)nn2)cc1. The average molecular weight is 353 g/mol. The summed E-state index contributed by atoms with van der Waals surface area (Å²) < 4.78 is 50.9. The molecule has 0 bridgehead atoms. The van der Waals surface area contributed by atoms with Gasteiger partial charge < -0.3 is 0 Å². The minimum absolute atomic E-state index is 0.0700. The zero-order valence-electron chi connectivity index (χ0n) is 12.0. The molecule has 3 rings (SSSR count). The lowest BCUT2D eigenvalue weighted by atomic mass is 10.0. The molecule has 0 saturated heterocycles. The van der Waals surface area contributed by atoms with Gasteiger partial charge in [0.2, 0.25) is 0 Å². The van der Waals surface area contributed by atoms with Gasteiger partial charge in [-0.1, -0.05) is 23.7 Å². The van der Waals surface area contributed by atoms with Crippen LogP contribution in [-0.4, -0.2) is 10.2 Å². The van der Waals surface area contributed by atoms with Gasteiger partial charge in [0.15, 0.2) is 5.15 Å². The van der Waals surface area contributed by atoms with E-state index in [0.29, 0.717) is 22.4 Å². The van der Waals surface area contributed by atoms with E-state index >= 15 is 0 Å². The summed E-state index contributed by atoms with van der Waals surface area (Å²) >= 11 is 6.02. The normalized spacial score (nSPS) is 11.5. The summed E-state index contributed by atoms with van der Waals surface area (Å²) in [5, 5.41) is 7.83. The summed E-state index contributed by atoms with van der Waals surface area (Å²) in [5.41, 5.74) is 1.23. The second kappa shape index (κ2) is 6.20. The van der Waals surface area contributed by atoms with Crippen molar-refractivity contribution in [2.45, 2.75) is 6.18 Å². The predicted octanol–water partition coefficient (Wildman–Crippen LogP) is 5.62. The van der Waals surface area contributed by atoms with E-state index in [9.17, 15) is 17.6 Å². The molecule has 0 aliphatic heterocycles. The Balaban J connectivity index is 2.02. The van der Waals surface area contributed by atoms with Crippen molar-refractivity contribution in [2.24, 2.45) is 0 Å². The molecule has 1 aromatic heterocycles. The molecule has 0 fully saturated rings. The van der Waals surface area contributed by atoms with E-state index < -0.39 is 11.7 Å². The first-order valence-corrected chi connectivity index (χ1v) is 7.19. The number of hydrogen-bond acceptors (Lipinski definition) is 2. The van der Waals surface area contributed by atoms with Crippen molar-refractivity contribution in [3.63, 3.8) is 0 Å². The van der Waals surface area contributed by atoms with Crippen molar-refractivity contribution >= 4 is 11.6 Å². The van der Waals surface area contributed by atoms with Crippen molar-refractivity contribution in [1.29, 1.82) is 0 Å². The molecule has 0 saturated carbocycles. The smallest absolute Gasteiger partial charge is 0.207 e. The van der Waals surface area contributed by atoms with Crippen molar-refractivity contribution in [2.75, 3.05) is 0 Å². The molecular formula is C17H9ClF4N2. The van der Waals surface area contributed by atoms with Crippen LogP contribution in [0.15, 0.2) is 54.6 Å². The molecule has 24 heavy (non-hydrogen) atoms. The predicted molar refractivity (Wildman–Crippen MR) is 82.9 cm³/mol. The van der Waals surface area contributed by atoms with Crippen molar-refractivity contribution < 1.29 is 17.6 Å². The highest BCUT2D eigenvalue weighted by molar-refractivity contribution is 6.32. The Labute approximate surface area is 139 Å². The molecule has 2 nitrogen and oxygen atoms in total. The van der Waals surface area contributed by atoms with Gasteiger partial charge in [0.05, 0.1) is 11.3 Å². The molecular weight excluding hydrogens is 344 g/mol. The number of nitrogens with zero attached hydrogens (tertiary/aromatic N) is 2. The van der Waals surface area contributed by atoms with Crippen LogP contribution in [0.2, 0.25) is 5.15 Å². The molecule has 0 aliphatic rings. The van der Waals surface area contributed by atoms with Crippen LogP contribution in [0.25, 0.3) is 22.4 Å². The van der Waals surface area contributed by atoms with Gasteiger partial charge in [-0.2, -0.15) is 13.2 Å². The molecule has 0 spiro atoms. The summed E-state index contributed by atoms with van der Waals surface area (Å²) in [4.78, 5) is 0. The van der Waals surface area contributed by atoms with E-state index in [1.807, 2.05) is 0 Å². The number of halogens is 5. The van der Waals surface area contributed by atoms with E-state index in [4.69, 9.17) is 11.6 Å². The monoisotopic (exact) mass is 352 g/mol. The lowest BCUT2D eigenvalue weighted by Gasteiger charge is -2.09. The van der Waals surface area contributed by atoms with Gasteiger partial charge in [-0.15, -0.1) is 10.2 Å². The summed E-state index contributed by atoms with van der Waals surface area (Å²) in [6.45, 7) is 0. The number of aromatic nitrogens is 2. The van der Waals surface area contributed by atoms with Gasteiger partial charge in [0, 0.05) is 11.1 Å². The van der Waals surface area contributed by atoms with Gasteiger partial charge in [-0.3, -0.25) is 0 Å².